The van der Waals surface area contributed by atoms with Gasteiger partial charge in [-0.05, 0) is 58.3 Å². The van der Waals surface area contributed by atoms with Crippen molar-refractivity contribution in [3.05, 3.63) is 0 Å². The Kier molecular flexibility index (Phi) is 5.87. The molecule has 1 saturated heterocycles. The van der Waals surface area contributed by atoms with Crippen LogP contribution in [0, 0.1) is 0 Å². The lowest BCUT2D eigenvalue weighted by molar-refractivity contribution is -0.134. The van der Waals surface area contributed by atoms with Crippen LogP contribution in [0.3, 0.4) is 0 Å². The van der Waals surface area contributed by atoms with Crippen molar-refractivity contribution >= 4 is 29.0 Å². The van der Waals surface area contributed by atoms with Crippen LogP contribution in [-0.2, 0) is 4.79 Å². The Morgan fingerprint density at radius 3 is 2.67 bits per heavy atom. The summed E-state index contributed by atoms with van der Waals surface area (Å²) >= 11 is 2.85. The molecule has 1 aliphatic heterocycles. The fraction of sp³-hybridized carbons (Fsp3) is 0.786. The van der Waals surface area contributed by atoms with Gasteiger partial charge in [0, 0.05) is 12.1 Å². The average Bonchev–Trinajstić information content (AvgIpc) is 2.83. The molecule has 7 heteroatoms. The zero-order valence-corrected chi connectivity index (χ0v) is 14.7. The predicted molar refractivity (Wildman–Crippen MR) is 86.0 cm³/mol. The van der Waals surface area contributed by atoms with Crippen LogP contribution >= 0.6 is 23.1 Å². The molecule has 2 atom stereocenters. The van der Waals surface area contributed by atoms with Gasteiger partial charge in [0.2, 0.25) is 5.91 Å². The van der Waals surface area contributed by atoms with Crippen molar-refractivity contribution in [1.29, 1.82) is 0 Å². The summed E-state index contributed by atoms with van der Waals surface area (Å²) in [6.07, 6.45) is 3.51. The average molecular weight is 329 g/mol. The molecule has 0 radical (unpaired) electrons. The third-order valence-electron chi connectivity index (χ3n) is 3.53. The summed E-state index contributed by atoms with van der Waals surface area (Å²) in [6, 6.07) is 0.687. The highest BCUT2D eigenvalue weighted by Gasteiger charge is 2.28. The topological polar surface area (TPSA) is 55.3 Å². The Morgan fingerprint density at radius 1 is 1.38 bits per heavy atom. The number of carbonyl (C=O) groups excluding carboxylic acids is 1. The number of carbonyl (C=O) groups is 1. The van der Waals surface area contributed by atoms with Gasteiger partial charge in [-0.25, -0.2) is 0 Å². The van der Waals surface area contributed by atoms with E-state index in [0.29, 0.717) is 23.0 Å². The van der Waals surface area contributed by atoms with Crippen molar-refractivity contribution in [2.75, 3.05) is 5.75 Å². The highest BCUT2D eigenvalue weighted by Crippen LogP contribution is 2.29. The first-order valence-electron chi connectivity index (χ1n) is 7.41. The summed E-state index contributed by atoms with van der Waals surface area (Å²) in [5, 5.41) is 8.61. The number of rotatable bonds is 5. The summed E-state index contributed by atoms with van der Waals surface area (Å²) in [5.41, 5.74) is 0. The number of thioether (sulfide) groups is 1. The maximum absolute atomic E-state index is 12.4. The van der Waals surface area contributed by atoms with Crippen LogP contribution in [0.25, 0.3) is 0 Å². The Bertz CT molecular complexity index is 469. The molecule has 0 aromatic carbocycles. The number of hydrogen-bond acceptors (Lipinski definition) is 6. The molecular formula is C14H23N3O2S2. The molecular weight excluding hydrogens is 306 g/mol. The fourth-order valence-corrected chi connectivity index (χ4v) is 4.29. The van der Waals surface area contributed by atoms with E-state index in [9.17, 15) is 4.79 Å². The van der Waals surface area contributed by atoms with Crippen molar-refractivity contribution < 1.29 is 9.53 Å². The smallest absolute Gasteiger partial charge is 0.295 e. The van der Waals surface area contributed by atoms with Crippen molar-refractivity contribution in [2.24, 2.45) is 0 Å². The highest BCUT2D eigenvalue weighted by molar-refractivity contribution is 8.01. The van der Waals surface area contributed by atoms with Crippen LogP contribution in [-0.4, -0.2) is 44.9 Å². The first-order valence-corrected chi connectivity index (χ1v) is 9.21. The summed E-state index contributed by atoms with van der Waals surface area (Å²) in [6.45, 7) is 8.18. The summed E-state index contributed by atoms with van der Waals surface area (Å²) < 4.78 is 6.28. The van der Waals surface area contributed by atoms with E-state index in [2.05, 4.69) is 24.0 Å². The van der Waals surface area contributed by atoms with Gasteiger partial charge in [-0.2, -0.15) is 0 Å². The minimum Gasteiger partial charge on any atom is -0.466 e. The lowest BCUT2D eigenvalue weighted by atomic mass is 9.98. The quantitative estimate of drug-likeness (QED) is 0.777. The minimum atomic E-state index is 0.0903. The third-order valence-corrected chi connectivity index (χ3v) is 5.46. The number of ether oxygens (including phenoxy) is 1. The van der Waals surface area contributed by atoms with Gasteiger partial charge in [-0.1, -0.05) is 16.9 Å². The molecule has 5 nitrogen and oxygen atoms in total. The van der Waals surface area contributed by atoms with Crippen LogP contribution in [0.15, 0.2) is 4.34 Å². The monoisotopic (exact) mass is 329 g/mol. The van der Waals surface area contributed by atoms with Gasteiger partial charge in [-0.15, -0.1) is 5.10 Å². The fourth-order valence-electron chi connectivity index (χ4n) is 2.62. The predicted octanol–water partition coefficient (Wildman–Crippen LogP) is 3.21. The van der Waals surface area contributed by atoms with Gasteiger partial charge in [0.1, 0.15) is 0 Å². The Labute approximate surface area is 134 Å². The third kappa shape index (κ3) is 4.57. The number of aromatic nitrogens is 2. The summed E-state index contributed by atoms with van der Waals surface area (Å²) in [4.78, 5) is 14.4. The van der Waals surface area contributed by atoms with E-state index < -0.39 is 0 Å². The van der Waals surface area contributed by atoms with E-state index in [-0.39, 0.29) is 12.0 Å². The van der Waals surface area contributed by atoms with Gasteiger partial charge in [0.25, 0.3) is 5.19 Å². The van der Waals surface area contributed by atoms with Crippen LogP contribution in [0.2, 0.25) is 0 Å². The Hall–Kier alpha value is -0.820. The van der Waals surface area contributed by atoms with E-state index in [1.807, 2.05) is 18.7 Å². The number of nitrogens with zero attached hydrogens (tertiary/aromatic N) is 3. The van der Waals surface area contributed by atoms with Crippen molar-refractivity contribution in [2.45, 2.75) is 69.5 Å². The van der Waals surface area contributed by atoms with Crippen molar-refractivity contribution in [1.82, 2.24) is 15.1 Å². The molecule has 21 heavy (non-hydrogen) atoms. The zero-order chi connectivity index (χ0) is 15.4. The van der Waals surface area contributed by atoms with Gasteiger partial charge < -0.3 is 9.64 Å². The van der Waals surface area contributed by atoms with Gasteiger partial charge in [0.05, 0.1) is 11.9 Å². The van der Waals surface area contributed by atoms with Crippen molar-refractivity contribution in [3.8, 4) is 5.19 Å². The number of piperidine rings is 1. The maximum atomic E-state index is 12.4. The SMILES string of the molecule is CC(C)Oc1nnc(SCC(=O)N2[C@@H](C)CCC[C@@H]2C)s1. The lowest BCUT2D eigenvalue weighted by Crippen LogP contribution is -2.48. The normalized spacial score (nSPS) is 22.6. The molecule has 0 N–H and O–H groups in total. The lowest BCUT2D eigenvalue weighted by Gasteiger charge is -2.39. The van der Waals surface area contributed by atoms with E-state index in [1.165, 1.54) is 29.5 Å². The van der Waals surface area contributed by atoms with Crippen LogP contribution in [0.1, 0.15) is 47.0 Å². The second-order valence-electron chi connectivity index (χ2n) is 5.72. The number of amides is 1. The second-order valence-corrected chi connectivity index (χ2v) is 7.88. The number of hydrogen-bond donors (Lipinski definition) is 0. The minimum absolute atomic E-state index is 0.0903. The Balaban J connectivity index is 1.87. The van der Waals surface area contributed by atoms with Gasteiger partial charge in [-0.3, -0.25) is 4.79 Å². The molecule has 0 spiro atoms. The highest BCUT2D eigenvalue weighted by atomic mass is 32.2. The summed E-state index contributed by atoms with van der Waals surface area (Å²) in [5.74, 6) is 0.617. The first-order chi connectivity index (χ1) is 9.97. The van der Waals surface area contributed by atoms with Crippen LogP contribution < -0.4 is 4.74 Å². The first kappa shape index (κ1) is 16.5. The van der Waals surface area contributed by atoms with Crippen LogP contribution in [0.4, 0.5) is 0 Å². The van der Waals surface area contributed by atoms with E-state index in [0.717, 1.165) is 17.2 Å². The molecule has 1 fully saturated rings. The largest absolute Gasteiger partial charge is 0.466 e. The molecule has 0 aliphatic carbocycles. The molecule has 0 saturated carbocycles. The molecule has 2 heterocycles. The molecule has 2 rings (SSSR count). The molecule has 118 valence electrons. The molecule has 0 bridgehead atoms. The maximum Gasteiger partial charge on any atom is 0.295 e. The van der Waals surface area contributed by atoms with Crippen molar-refractivity contribution in [3.63, 3.8) is 0 Å². The standard InChI is InChI=1S/C14H23N3O2S2/c1-9(2)19-13-15-16-14(21-13)20-8-12(18)17-10(3)6-5-7-11(17)4/h9-11H,5-8H2,1-4H3/t10-,11-/m0/s1. The summed E-state index contributed by atoms with van der Waals surface area (Å²) in [7, 11) is 0. The molecule has 1 aliphatic rings. The van der Waals surface area contributed by atoms with Gasteiger partial charge >= 0.3 is 0 Å². The Morgan fingerprint density at radius 2 is 2.05 bits per heavy atom. The molecule has 1 amide bonds. The molecule has 1 aromatic heterocycles. The number of likely N-dealkylation sites (tertiary alicyclic amines) is 1. The van der Waals surface area contributed by atoms with E-state index >= 15 is 0 Å². The molecule has 1 aromatic rings. The molecule has 0 unspecified atom stereocenters. The second kappa shape index (κ2) is 7.45. The van der Waals surface area contributed by atoms with E-state index in [4.69, 9.17) is 4.74 Å². The van der Waals surface area contributed by atoms with Gasteiger partial charge in [0.15, 0.2) is 4.34 Å². The zero-order valence-electron chi connectivity index (χ0n) is 13.0. The van der Waals surface area contributed by atoms with E-state index in [1.54, 1.807) is 0 Å². The van der Waals surface area contributed by atoms with Crippen LogP contribution in [0.5, 0.6) is 5.19 Å².